The smallest absolute Gasteiger partial charge is 0.0259 e. The molecule has 0 heteroatoms. The molecule has 0 aromatic rings. The summed E-state index contributed by atoms with van der Waals surface area (Å²) >= 11 is 0. The van der Waals surface area contributed by atoms with E-state index in [1.165, 1.54) is 57.8 Å². The van der Waals surface area contributed by atoms with Crippen LogP contribution in [0.2, 0.25) is 0 Å². The van der Waals surface area contributed by atoms with Crippen LogP contribution in [0.1, 0.15) is 64.7 Å². The van der Waals surface area contributed by atoms with Gasteiger partial charge in [-0.1, -0.05) is 57.9 Å². The normalized spacial score (nSPS) is 36.6. The topological polar surface area (TPSA) is 0 Å². The third kappa shape index (κ3) is 3.65. The minimum absolute atomic E-state index is 0.494. The van der Waals surface area contributed by atoms with Crippen molar-refractivity contribution in [2.75, 3.05) is 0 Å². The molecule has 0 radical (unpaired) electrons. The lowest BCUT2D eigenvalue weighted by Crippen LogP contribution is -2.16. The van der Waals surface area contributed by atoms with Gasteiger partial charge in [-0.25, -0.2) is 0 Å². The lowest BCUT2D eigenvalue weighted by atomic mass is 9.81. The van der Waals surface area contributed by atoms with Gasteiger partial charge in [0.25, 0.3) is 0 Å². The fourth-order valence-electron chi connectivity index (χ4n) is 4.47. The van der Waals surface area contributed by atoms with Gasteiger partial charge in [0.2, 0.25) is 0 Å². The molecular formula is C19H30. The summed E-state index contributed by atoms with van der Waals surface area (Å²) < 4.78 is 0. The Morgan fingerprint density at radius 2 is 1.84 bits per heavy atom. The van der Waals surface area contributed by atoms with Gasteiger partial charge in [0.1, 0.15) is 0 Å². The number of terminal acetylenes is 1. The highest BCUT2D eigenvalue weighted by Gasteiger charge is 2.38. The average Bonchev–Trinajstić information content (AvgIpc) is 2.59. The first kappa shape index (κ1) is 14.7. The van der Waals surface area contributed by atoms with Gasteiger partial charge in [-0.05, 0) is 36.5 Å². The van der Waals surface area contributed by atoms with E-state index < -0.39 is 0 Å². The SMILES string of the molecule is C#CC1C(C)CC(C=C)C1CCC1CCCCCC1. The maximum Gasteiger partial charge on any atom is 0.0259 e. The number of allylic oxidation sites excluding steroid dienone is 1. The second-order valence-electron chi connectivity index (χ2n) is 6.90. The monoisotopic (exact) mass is 258 g/mol. The summed E-state index contributed by atoms with van der Waals surface area (Å²) in [5.41, 5.74) is 0. The lowest BCUT2D eigenvalue weighted by molar-refractivity contribution is 0.305. The second kappa shape index (κ2) is 7.18. The van der Waals surface area contributed by atoms with Gasteiger partial charge in [0.15, 0.2) is 0 Å². The van der Waals surface area contributed by atoms with Crippen molar-refractivity contribution in [3.63, 3.8) is 0 Å². The highest BCUT2D eigenvalue weighted by molar-refractivity contribution is 5.08. The molecule has 0 aromatic heterocycles. The van der Waals surface area contributed by atoms with Crippen LogP contribution in [0.4, 0.5) is 0 Å². The van der Waals surface area contributed by atoms with Gasteiger partial charge in [-0.15, -0.1) is 18.9 Å². The quantitative estimate of drug-likeness (QED) is 0.357. The number of hydrogen-bond acceptors (Lipinski definition) is 0. The Labute approximate surface area is 120 Å². The highest BCUT2D eigenvalue weighted by Crippen LogP contribution is 2.45. The van der Waals surface area contributed by atoms with E-state index in [1.54, 1.807) is 0 Å². The van der Waals surface area contributed by atoms with E-state index in [2.05, 4.69) is 25.5 Å². The molecule has 0 spiro atoms. The van der Waals surface area contributed by atoms with E-state index in [9.17, 15) is 0 Å². The van der Waals surface area contributed by atoms with Gasteiger partial charge < -0.3 is 0 Å². The minimum Gasteiger partial charge on any atom is -0.120 e. The van der Waals surface area contributed by atoms with Crippen molar-refractivity contribution >= 4 is 0 Å². The van der Waals surface area contributed by atoms with E-state index in [0.29, 0.717) is 23.7 Å². The van der Waals surface area contributed by atoms with Gasteiger partial charge in [0.05, 0.1) is 0 Å². The fourth-order valence-corrected chi connectivity index (χ4v) is 4.47. The first-order valence-corrected chi connectivity index (χ1v) is 8.35. The van der Waals surface area contributed by atoms with Crippen LogP contribution in [-0.4, -0.2) is 0 Å². The molecule has 2 aliphatic rings. The standard InChI is InChI=1S/C19H30/c1-4-17-14-15(3)18(5-2)19(17)13-12-16-10-8-6-7-9-11-16/h2,4,15-19H,1,6-14H2,3H3. The lowest BCUT2D eigenvalue weighted by Gasteiger charge is -2.23. The molecule has 4 atom stereocenters. The molecule has 106 valence electrons. The van der Waals surface area contributed by atoms with E-state index >= 15 is 0 Å². The van der Waals surface area contributed by atoms with Crippen LogP contribution in [0.5, 0.6) is 0 Å². The first-order valence-electron chi connectivity index (χ1n) is 8.35. The molecule has 0 aromatic carbocycles. The Kier molecular flexibility index (Phi) is 5.56. The zero-order valence-electron chi connectivity index (χ0n) is 12.6. The third-order valence-corrected chi connectivity index (χ3v) is 5.65. The first-order chi connectivity index (χ1) is 9.26. The van der Waals surface area contributed by atoms with Crippen molar-refractivity contribution in [1.29, 1.82) is 0 Å². The Morgan fingerprint density at radius 1 is 1.16 bits per heavy atom. The zero-order valence-corrected chi connectivity index (χ0v) is 12.6. The fraction of sp³-hybridized carbons (Fsp3) is 0.789. The molecule has 0 aliphatic heterocycles. The molecule has 0 nitrogen and oxygen atoms in total. The summed E-state index contributed by atoms with van der Waals surface area (Å²) in [6, 6.07) is 0. The van der Waals surface area contributed by atoms with Crippen molar-refractivity contribution in [3.05, 3.63) is 12.7 Å². The Bertz CT molecular complexity index is 313. The summed E-state index contributed by atoms with van der Waals surface area (Å²) in [4.78, 5) is 0. The molecule has 0 amide bonds. The van der Waals surface area contributed by atoms with Crippen LogP contribution in [0.25, 0.3) is 0 Å². The van der Waals surface area contributed by atoms with Crippen LogP contribution in [0, 0.1) is 41.9 Å². The molecule has 2 rings (SSSR count). The molecule has 2 aliphatic carbocycles. The van der Waals surface area contributed by atoms with Crippen LogP contribution in [0.3, 0.4) is 0 Å². The summed E-state index contributed by atoms with van der Waals surface area (Å²) in [5, 5.41) is 0. The number of hydrogen-bond donors (Lipinski definition) is 0. The van der Waals surface area contributed by atoms with E-state index in [4.69, 9.17) is 6.42 Å². The van der Waals surface area contributed by atoms with Gasteiger partial charge in [-0.3, -0.25) is 0 Å². The second-order valence-corrected chi connectivity index (χ2v) is 6.90. The summed E-state index contributed by atoms with van der Waals surface area (Å²) in [6.07, 6.45) is 20.7. The molecule has 2 saturated carbocycles. The largest absolute Gasteiger partial charge is 0.120 e. The van der Waals surface area contributed by atoms with Crippen LogP contribution >= 0.6 is 0 Å². The molecule has 0 bridgehead atoms. The summed E-state index contributed by atoms with van der Waals surface area (Å²) in [6.45, 7) is 6.36. The van der Waals surface area contributed by atoms with Crippen LogP contribution in [0.15, 0.2) is 12.7 Å². The van der Waals surface area contributed by atoms with Crippen LogP contribution in [-0.2, 0) is 0 Å². The summed E-state index contributed by atoms with van der Waals surface area (Å²) in [7, 11) is 0. The molecule has 2 fully saturated rings. The average molecular weight is 258 g/mol. The highest BCUT2D eigenvalue weighted by atomic mass is 14.4. The molecule has 19 heavy (non-hydrogen) atoms. The van der Waals surface area contributed by atoms with E-state index in [1.807, 2.05) is 0 Å². The van der Waals surface area contributed by atoms with Crippen molar-refractivity contribution < 1.29 is 0 Å². The van der Waals surface area contributed by atoms with E-state index in [-0.39, 0.29) is 0 Å². The molecule has 0 saturated heterocycles. The Morgan fingerprint density at radius 3 is 2.42 bits per heavy atom. The van der Waals surface area contributed by atoms with Crippen molar-refractivity contribution in [3.8, 4) is 12.3 Å². The predicted molar refractivity (Wildman–Crippen MR) is 83.7 cm³/mol. The van der Waals surface area contributed by atoms with Crippen LogP contribution < -0.4 is 0 Å². The predicted octanol–water partition coefficient (Wildman–Crippen LogP) is 5.44. The number of rotatable bonds is 4. The zero-order chi connectivity index (χ0) is 13.7. The Hall–Kier alpha value is -0.700. The Balaban J connectivity index is 1.88. The van der Waals surface area contributed by atoms with Gasteiger partial charge in [-0.2, -0.15) is 0 Å². The molecule has 0 N–H and O–H groups in total. The van der Waals surface area contributed by atoms with E-state index in [0.717, 1.165) is 5.92 Å². The van der Waals surface area contributed by atoms with Gasteiger partial charge >= 0.3 is 0 Å². The van der Waals surface area contributed by atoms with Gasteiger partial charge in [0, 0.05) is 5.92 Å². The molecule has 0 heterocycles. The third-order valence-electron chi connectivity index (χ3n) is 5.65. The summed E-state index contributed by atoms with van der Waals surface area (Å²) in [5.74, 6) is 6.61. The maximum atomic E-state index is 5.78. The molecule has 4 unspecified atom stereocenters. The van der Waals surface area contributed by atoms with Crippen molar-refractivity contribution in [1.82, 2.24) is 0 Å². The maximum absolute atomic E-state index is 5.78. The minimum atomic E-state index is 0.494. The molecular weight excluding hydrogens is 228 g/mol. The van der Waals surface area contributed by atoms with Crippen molar-refractivity contribution in [2.45, 2.75) is 64.7 Å². The van der Waals surface area contributed by atoms with Crippen molar-refractivity contribution in [2.24, 2.45) is 29.6 Å².